The maximum absolute atomic E-state index is 12.0. The zero-order chi connectivity index (χ0) is 15.6. The number of hydrogen-bond donors (Lipinski definition) is 2. The highest BCUT2D eigenvalue weighted by Crippen LogP contribution is 2.28. The van der Waals surface area contributed by atoms with Gasteiger partial charge in [0.2, 0.25) is 0 Å². The smallest absolute Gasteiger partial charge is 0.260 e. The summed E-state index contributed by atoms with van der Waals surface area (Å²) in [5, 5.41) is 13.9. The zero-order valence-corrected chi connectivity index (χ0v) is 13.3. The summed E-state index contributed by atoms with van der Waals surface area (Å²) in [6, 6.07) is 1.89. The van der Waals surface area contributed by atoms with Crippen LogP contribution in [0.25, 0.3) is 0 Å². The lowest BCUT2D eigenvalue weighted by atomic mass is 9.79. The molecule has 1 unspecified atom stereocenters. The van der Waals surface area contributed by atoms with Crippen LogP contribution in [0.4, 0.5) is 5.82 Å². The number of H-pyrrole nitrogens is 1. The highest BCUT2D eigenvalue weighted by Gasteiger charge is 2.21. The van der Waals surface area contributed by atoms with Crippen LogP contribution in [0.2, 0.25) is 0 Å². The minimum absolute atomic E-state index is 0.204. The molecule has 2 aromatic rings. The number of aromatic nitrogens is 4. The molecule has 6 nitrogen and oxygen atoms in total. The Morgan fingerprint density at radius 1 is 1.48 bits per heavy atom. The fourth-order valence-corrected chi connectivity index (χ4v) is 1.89. The molecule has 6 heteroatoms. The molecule has 0 aromatic carbocycles. The van der Waals surface area contributed by atoms with Gasteiger partial charge in [-0.3, -0.25) is 14.6 Å². The molecule has 2 rings (SSSR count). The van der Waals surface area contributed by atoms with Gasteiger partial charge < -0.3 is 5.32 Å². The van der Waals surface area contributed by atoms with Crippen molar-refractivity contribution in [2.24, 2.45) is 18.4 Å². The Kier molecular flexibility index (Phi) is 4.16. The number of rotatable bonds is 4. The lowest BCUT2D eigenvalue weighted by Crippen LogP contribution is -2.19. The van der Waals surface area contributed by atoms with Gasteiger partial charge >= 0.3 is 0 Å². The highest BCUT2D eigenvalue weighted by atomic mass is 16.1. The zero-order valence-electron chi connectivity index (χ0n) is 13.3. The number of carbonyl (C=O) groups is 1. The molecule has 2 N–H and O–H groups in total. The fourth-order valence-electron chi connectivity index (χ4n) is 1.89. The standard InChI is InChI=1S/C15H23N5O/c1-10(15(2,3)4)6-12-7-13(19-18-12)17-14(21)11-8-16-20(5)9-11/h7-10H,6H2,1-5H3,(H2,17,18,19,21). The molecule has 0 radical (unpaired) electrons. The summed E-state index contributed by atoms with van der Waals surface area (Å²) < 4.78 is 1.59. The average Bonchev–Trinajstić information content (AvgIpc) is 2.97. The third-order valence-electron chi connectivity index (χ3n) is 3.84. The van der Waals surface area contributed by atoms with Crippen molar-refractivity contribution in [3.05, 3.63) is 29.7 Å². The van der Waals surface area contributed by atoms with Gasteiger partial charge in [-0.05, 0) is 17.8 Å². The quantitative estimate of drug-likeness (QED) is 0.908. The molecule has 0 spiro atoms. The molecule has 0 bridgehead atoms. The lowest BCUT2D eigenvalue weighted by molar-refractivity contribution is 0.102. The molecule has 0 fully saturated rings. The summed E-state index contributed by atoms with van der Waals surface area (Å²) >= 11 is 0. The Balaban J connectivity index is 1.99. The van der Waals surface area contributed by atoms with Crippen molar-refractivity contribution in [1.82, 2.24) is 20.0 Å². The van der Waals surface area contributed by atoms with Gasteiger partial charge in [0.15, 0.2) is 5.82 Å². The first-order valence-electron chi connectivity index (χ1n) is 7.10. The molecule has 1 atom stereocenters. The number of aromatic amines is 1. The van der Waals surface area contributed by atoms with Crippen molar-refractivity contribution < 1.29 is 4.79 Å². The lowest BCUT2D eigenvalue weighted by Gasteiger charge is -2.26. The van der Waals surface area contributed by atoms with E-state index in [4.69, 9.17) is 0 Å². The van der Waals surface area contributed by atoms with Crippen molar-refractivity contribution in [3.63, 3.8) is 0 Å². The molecule has 0 saturated heterocycles. The molecule has 2 heterocycles. The molecule has 0 saturated carbocycles. The minimum atomic E-state index is -0.204. The third kappa shape index (κ3) is 3.93. The number of amides is 1. The van der Waals surface area contributed by atoms with E-state index in [1.165, 1.54) is 6.20 Å². The van der Waals surface area contributed by atoms with Gasteiger partial charge in [-0.25, -0.2) is 0 Å². The summed E-state index contributed by atoms with van der Waals surface area (Å²) in [6.07, 6.45) is 4.11. The largest absolute Gasteiger partial charge is 0.305 e. The van der Waals surface area contributed by atoms with Gasteiger partial charge in [0.05, 0.1) is 11.8 Å². The first-order valence-corrected chi connectivity index (χ1v) is 7.10. The second kappa shape index (κ2) is 5.71. The SMILES string of the molecule is CC(Cc1cc(NC(=O)c2cnn(C)c2)n[nH]1)C(C)(C)C. The van der Waals surface area contributed by atoms with Gasteiger partial charge in [0.25, 0.3) is 5.91 Å². The van der Waals surface area contributed by atoms with Gasteiger partial charge in [0, 0.05) is 25.0 Å². The maximum atomic E-state index is 12.0. The normalized spacial score (nSPS) is 13.2. The predicted molar refractivity (Wildman–Crippen MR) is 82.1 cm³/mol. The van der Waals surface area contributed by atoms with Crippen LogP contribution in [0, 0.1) is 11.3 Å². The van der Waals surface area contributed by atoms with Crippen molar-refractivity contribution >= 4 is 11.7 Å². The van der Waals surface area contributed by atoms with Crippen LogP contribution < -0.4 is 5.32 Å². The summed E-state index contributed by atoms with van der Waals surface area (Å²) in [6.45, 7) is 8.88. The summed E-state index contributed by atoms with van der Waals surface area (Å²) in [5.41, 5.74) is 1.79. The van der Waals surface area contributed by atoms with Crippen LogP contribution in [-0.2, 0) is 13.5 Å². The first-order chi connectivity index (χ1) is 9.75. The van der Waals surface area contributed by atoms with Crippen molar-refractivity contribution in [1.29, 1.82) is 0 Å². The Bertz CT molecular complexity index is 620. The maximum Gasteiger partial charge on any atom is 0.260 e. The molecule has 0 aliphatic heterocycles. The van der Waals surface area contributed by atoms with E-state index in [1.807, 2.05) is 6.07 Å². The number of anilines is 1. The van der Waals surface area contributed by atoms with Crippen molar-refractivity contribution in [3.8, 4) is 0 Å². The van der Waals surface area contributed by atoms with Gasteiger partial charge in [0.1, 0.15) is 0 Å². The molecular weight excluding hydrogens is 266 g/mol. The van der Waals surface area contributed by atoms with Crippen LogP contribution in [0.15, 0.2) is 18.5 Å². The third-order valence-corrected chi connectivity index (χ3v) is 3.84. The van der Waals surface area contributed by atoms with E-state index in [2.05, 4.69) is 48.3 Å². The fraction of sp³-hybridized carbons (Fsp3) is 0.533. The van der Waals surface area contributed by atoms with Gasteiger partial charge in [-0.15, -0.1) is 0 Å². The number of aryl methyl sites for hydroxylation is 1. The molecule has 0 aliphatic carbocycles. The summed E-state index contributed by atoms with van der Waals surface area (Å²) in [4.78, 5) is 12.0. The number of hydrogen-bond acceptors (Lipinski definition) is 3. The van der Waals surface area contributed by atoms with Gasteiger partial charge in [-0.1, -0.05) is 27.7 Å². The summed E-state index contributed by atoms with van der Waals surface area (Å²) in [7, 11) is 1.78. The molecule has 0 aliphatic rings. The van der Waals surface area contributed by atoms with Crippen LogP contribution in [0.3, 0.4) is 0 Å². The average molecular weight is 289 g/mol. The molecule has 1 amide bonds. The highest BCUT2D eigenvalue weighted by molar-refractivity contribution is 6.03. The number of nitrogens with one attached hydrogen (secondary N) is 2. The second-order valence-corrected chi connectivity index (χ2v) is 6.61. The monoisotopic (exact) mass is 289 g/mol. The number of carbonyl (C=O) groups excluding carboxylic acids is 1. The Morgan fingerprint density at radius 2 is 2.19 bits per heavy atom. The molecule has 21 heavy (non-hydrogen) atoms. The Labute approximate surface area is 124 Å². The van der Waals surface area contributed by atoms with Crippen molar-refractivity contribution in [2.45, 2.75) is 34.1 Å². The van der Waals surface area contributed by atoms with Crippen LogP contribution in [0.5, 0.6) is 0 Å². The van der Waals surface area contributed by atoms with Gasteiger partial charge in [-0.2, -0.15) is 10.2 Å². The van der Waals surface area contributed by atoms with E-state index >= 15 is 0 Å². The predicted octanol–water partition coefficient (Wildman–Crippen LogP) is 2.62. The van der Waals surface area contributed by atoms with Crippen LogP contribution in [0.1, 0.15) is 43.7 Å². The second-order valence-electron chi connectivity index (χ2n) is 6.61. The van der Waals surface area contributed by atoms with E-state index in [1.54, 1.807) is 17.9 Å². The van der Waals surface area contributed by atoms with E-state index in [-0.39, 0.29) is 11.3 Å². The van der Waals surface area contributed by atoms with Crippen molar-refractivity contribution in [2.75, 3.05) is 5.32 Å². The molecule has 114 valence electrons. The van der Waals surface area contributed by atoms with E-state index < -0.39 is 0 Å². The number of nitrogens with zero attached hydrogens (tertiary/aromatic N) is 3. The first kappa shape index (κ1) is 15.3. The van der Waals surface area contributed by atoms with Crippen LogP contribution in [-0.4, -0.2) is 25.9 Å². The molecular formula is C15H23N5O. The molecule has 2 aromatic heterocycles. The van der Waals surface area contributed by atoms with E-state index in [0.29, 0.717) is 17.3 Å². The van der Waals surface area contributed by atoms with Crippen LogP contribution >= 0.6 is 0 Å². The minimum Gasteiger partial charge on any atom is -0.305 e. The Hall–Kier alpha value is -2.11. The Morgan fingerprint density at radius 3 is 2.76 bits per heavy atom. The van der Waals surface area contributed by atoms with E-state index in [0.717, 1.165) is 12.1 Å². The topological polar surface area (TPSA) is 75.6 Å². The van der Waals surface area contributed by atoms with E-state index in [9.17, 15) is 4.79 Å². The summed E-state index contributed by atoms with van der Waals surface area (Å²) in [5.74, 6) is 0.852.